The second-order valence-electron chi connectivity index (χ2n) is 6.66. The van der Waals surface area contributed by atoms with Gasteiger partial charge in [0, 0.05) is 12.1 Å². The maximum Gasteiger partial charge on any atom is 0.181 e. The predicted molar refractivity (Wildman–Crippen MR) is 90.0 cm³/mol. The molecule has 0 amide bonds. The van der Waals surface area contributed by atoms with Gasteiger partial charge >= 0.3 is 0 Å². The van der Waals surface area contributed by atoms with Gasteiger partial charge in [-0.3, -0.25) is 0 Å². The number of ether oxygens (including phenoxy) is 4. The van der Waals surface area contributed by atoms with E-state index in [-0.39, 0.29) is 12.1 Å². The molecule has 0 spiro atoms. The van der Waals surface area contributed by atoms with E-state index in [9.17, 15) is 5.11 Å². The van der Waals surface area contributed by atoms with Crippen molar-refractivity contribution in [3.8, 4) is 11.5 Å². The lowest BCUT2D eigenvalue weighted by atomic mass is 9.95. The molecule has 2 saturated heterocycles. The van der Waals surface area contributed by atoms with Gasteiger partial charge in [0.2, 0.25) is 0 Å². The van der Waals surface area contributed by atoms with Gasteiger partial charge in [0.05, 0.1) is 50.3 Å². The Hall–Kier alpha value is -1.87. The fourth-order valence-corrected chi connectivity index (χ4v) is 3.91. The normalized spacial score (nSPS) is 31.7. The molecule has 2 aliphatic rings. The molecule has 0 aliphatic carbocycles. The van der Waals surface area contributed by atoms with E-state index in [1.54, 1.807) is 20.5 Å². The summed E-state index contributed by atoms with van der Waals surface area (Å²) in [7, 11) is 7.06. The summed E-state index contributed by atoms with van der Waals surface area (Å²) < 4.78 is 24.5. The monoisotopic (exact) mass is 349 g/mol. The zero-order chi connectivity index (χ0) is 17.7. The minimum atomic E-state index is -0.647. The Balaban J connectivity index is 1.80. The number of hydrogen-bond donors (Lipinski definition) is 1. The van der Waals surface area contributed by atoms with Crippen LogP contribution in [0.25, 0.3) is 11.0 Å². The molecule has 4 rings (SSSR count). The van der Waals surface area contributed by atoms with Crippen molar-refractivity contribution >= 4 is 11.0 Å². The number of likely N-dealkylation sites (N-methyl/N-ethyl adjacent to an activating group) is 1. The number of nitrogens with zero attached hydrogens (tertiary/aromatic N) is 3. The maximum atomic E-state index is 11.0. The zero-order valence-corrected chi connectivity index (χ0v) is 14.7. The molecular weight excluding hydrogens is 326 g/mol. The number of rotatable bonds is 4. The summed E-state index contributed by atoms with van der Waals surface area (Å²) >= 11 is 0. The Morgan fingerprint density at radius 2 is 1.96 bits per heavy atom. The first-order valence-electron chi connectivity index (χ1n) is 8.25. The van der Waals surface area contributed by atoms with Crippen LogP contribution in [0, 0.1) is 0 Å². The molecule has 0 unspecified atom stereocenters. The standard InChI is InChI=1S/C17H23N3O5/c1-19(2)14-13-7-24-17(25-13)15(16(14)21)20-8-18-9-5-11(22-3)12(23-4)6-10(9)20/h5-6,8,13-17,21H,7H2,1-4H3/t13-,14-,15-,16+,17-/m1/s1. The predicted octanol–water partition coefficient (Wildman–Crippen LogP) is 0.641. The summed E-state index contributed by atoms with van der Waals surface area (Å²) in [6.45, 7) is 0.477. The van der Waals surface area contributed by atoms with Crippen molar-refractivity contribution < 1.29 is 24.1 Å². The average molecular weight is 349 g/mol. The van der Waals surface area contributed by atoms with Crippen LogP contribution in [0.5, 0.6) is 11.5 Å². The second-order valence-corrected chi connectivity index (χ2v) is 6.66. The highest BCUT2D eigenvalue weighted by atomic mass is 16.7. The summed E-state index contributed by atoms with van der Waals surface area (Å²) in [5.74, 6) is 1.22. The number of methoxy groups -OCH3 is 2. The van der Waals surface area contributed by atoms with Crippen molar-refractivity contribution in [2.45, 2.75) is 30.6 Å². The van der Waals surface area contributed by atoms with Gasteiger partial charge < -0.3 is 33.5 Å². The van der Waals surface area contributed by atoms with Crippen molar-refractivity contribution in [1.29, 1.82) is 0 Å². The molecule has 3 heterocycles. The lowest BCUT2D eigenvalue weighted by Gasteiger charge is -2.41. The van der Waals surface area contributed by atoms with Crippen LogP contribution in [0.4, 0.5) is 0 Å². The molecule has 8 nitrogen and oxygen atoms in total. The van der Waals surface area contributed by atoms with Crippen molar-refractivity contribution in [3.63, 3.8) is 0 Å². The third-order valence-corrected chi connectivity index (χ3v) is 5.09. The van der Waals surface area contributed by atoms with Gasteiger partial charge in [-0.1, -0.05) is 0 Å². The van der Waals surface area contributed by atoms with E-state index in [1.165, 1.54) is 0 Å². The van der Waals surface area contributed by atoms with Gasteiger partial charge in [-0.25, -0.2) is 4.98 Å². The first kappa shape index (κ1) is 16.6. The van der Waals surface area contributed by atoms with E-state index in [2.05, 4.69) is 4.98 Å². The molecule has 8 heteroatoms. The summed E-state index contributed by atoms with van der Waals surface area (Å²) in [4.78, 5) is 6.44. The summed E-state index contributed by atoms with van der Waals surface area (Å²) in [5, 5.41) is 11.0. The smallest absolute Gasteiger partial charge is 0.181 e. The van der Waals surface area contributed by atoms with E-state index in [0.29, 0.717) is 18.1 Å². The van der Waals surface area contributed by atoms with E-state index in [4.69, 9.17) is 18.9 Å². The molecular formula is C17H23N3O5. The molecule has 2 aromatic rings. The molecule has 2 fully saturated rings. The molecule has 25 heavy (non-hydrogen) atoms. The van der Waals surface area contributed by atoms with Crippen LogP contribution in [0.1, 0.15) is 6.04 Å². The van der Waals surface area contributed by atoms with Crippen LogP contribution in [-0.4, -0.2) is 79.0 Å². The van der Waals surface area contributed by atoms with Gasteiger partial charge in [-0.15, -0.1) is 0 Å². The SMILES string of the molecule is COc1cc2ncn([C@H]3[C@@H]4OC[C@@H](O4)[C@@H](N(C)C)[C@@H]3O)c2cc1OC. The number of imidazole rings is 1. The van der Waals surface area contributed by atoms with Gasteiger partial charge in [-0.05, 0) is 14.1 Å². The number of benzene rings is 1. The topological polar surface area (TPSA) is 78.2 Å². The molecule has 0 saturated carbocycles. The highest BCUT2D eigenvalue weighted by molar-refractivity contribution is 5.80. The molecule has 136 valence electrons. The van der Waals surface area contributed by atoms with Crippen LogP contribution in [0.15, 0.2) is 18.5 Å². The molecule has 2 bridgehead atoms. The van der Waals surface area contributed by atoms with Crippen LogP contribution in [0.3, 0.4) is 0 Å². The largest absolute Gasteiger partial charge is 0.493 e. The quantitative estimate of drug-likeness (QED) is 0.868. The summed E-state index contributed by atoms with van der Waals surface area (Å²) in [6.07, 6.45) is 0.430. The van der Waals surface area contributed by atoms with Crippen LogP contribution in [0.2, 0.25) is 0 Å². The second kappa shape index (κ2) is 6.14. The van der Waals surface area contributed by atoms with Crippen LogP contribution in [-0.2, 0) is 9.47 Å². The van der Waals surface area contributed by atoms with E-state index >= 15 is 0 Å². The third kappa shape index (κ3) is 2.48. The Kier molecular flexibility index (Phi) is 4.07. The van der Waals surface area contributed by atoms with Gasteiger partial charge in [0.1, 0.15) is 12.1 Å². The molecule has 1 N–H and O–H groups in total. The lowest BCUT2D eigenvalue weighted by Crippen LogP contribution is -2.56. The van der Waals surface area contributed by atoms with Gasteiger partial charge in [0.15, 0.2) is 17.8 Å². The first-order valence-corrected chi connectivity index (χ1v) is 8.25. The number of aliphatic hydroxyl groups excluding tert-OH is 1. The fraction of sp³-hybridized carbons (Fsp3) is 0.588. The van der Waals surface area contributed by atoms with Crippen LogP contribution < -0.4 is 9.47 Å². The molecule has 1 aromatic heterocycles. The van der Waals surface area contributed by atoms with E-state index in [0.717, 1.165) is 11.0 Å². The number of hydrogen-bond acceptors (Lipinski definition) is 7. The van der Waals surface area contributed by atoms with Crippen molar-refractivity contribution in [3.05, 3.63) is 18.5 Å². The number of aliphatic hydroxyl groups is 1. The first-order chi connectivity index (χ1) is 12.0. The minimum absolute atomic E-state index is 0.129. The van der Waals surface area contributed by atoms with Gasteiger partial charge in [0.25, 0.3) is 0 Å². The lowest BCUT2D eigenvalue weighted by molar-refractivity contribution is -0.177. The van der Waals surface area contributed by atoms with E-state index in [1.807, 2.05) is 35.7 Å². The summed E-state index contributed by atoms with van der Waals surface area (Å²) in [6, 6.07) is 3.14. The highest BCUT2D eigenvalue weighted by Crippen LogP contribution is 2.40. The Bertz CT molecular complexity index is 777. The summed E-state index contributed by atoms with van der Waals surface area (Å²) in [5.41, 5.74) is 1.59. The molecule has 5 atom stereocenters. The Morgan fingerprint density at radius 3 is 2.64 bits per heavy atom. The fourth-order valence-electron chi connectivity index (χ4n) is 3.91. The number of fused-ring (bicyclic) bond motifs is 3. The molecule has 0 radical (unpaired) electrons. The molecule has 1 aromatic carbocycles. The third-order valence-electron chi connectivity index (χ3n) is 5.09. The van der Waals surface area contributed by atoms with Crippen molar-refractivity contribution in [2.75, 3.05) is 34.9 Å². The maximum absolute atomic E-state index is 11.0. The Labute approximate surface area is 145 Å². The average Bonchev–Trinajstić information content (AvgIpc) is 3.19. The van der Waals surface area contributed by atoms with Crippen molar-refractivity contribution in [1.82, 2.24) is 14.5 Å². The molecule has 2 aliphatic heterocycles. The Morgan fingerprint density at radius 1 is 1.24 bits per heavy atom. The van der Waals surface area contributed by atoms with Crippen molar-refractivity contribution in [2.24, 2.45) is 0 Å². The van der Waals surface area contributed by atoms with Crippen LogP contribution >= 0.6 is 0 Å². The zero-order valence-electron chi connectivity index (χ0n) is 14.7. The van der Waals surface area contributed by atoms with E-state index < -0.39 is 18.4 Å². The van der Waals surface area contributed by atoms with Gasteiger partial charge in [-0.2, -0.15) is 0 Å². The highest BCUT2D eigenvalue weighted by Gasteiger charge is 2.51. The number of aromatic nitrogens is 2. The minimum Gasteiger partial charge on any atom is -0.493 e.